The Morgan fingerprint density at radius 1 is 1.30 bits per heavy atom. The number of nitrogens with two attached hydrogens (primary N) is 1. The van der Waals surface area contributed by atoms with Crippen LogP contribution < -0.4 is 5.73 Å². The van der Waals surface area contributed by atoms with Gasteiger partial charge >= 0.3 is 0 Å². The van der Waals surface area contributed by atoms with Gasteiger partial charge in [-0.05, 0) is 29.8 Å². The Kier molecular flexibility index (Phi) is 3.31. The fraction of sp³-hybridized carbons (Fsp3) is 0.133. The quantitative estimate of drug-likeness (QED) is 0.778. The Hall–Kier alpha value is -1.72. The van der Waals surface area contributed by atoms with Crippen molar-refractivity contribution in [2.75, 3.05) is 0 Å². The molecule has 0 saturated carbocycles. The lowest BCUT2D eigenvalue weighted by atomic mass is 10.2. The maximum Gasteiger partial charge on any atom is 0.142 e. The van der Waals surface area contributed by atoms with Gasteiger partial charge in [0, 0.05) is 23.6 Å². The van der Waals surface area contributed by atoms with Crippen molar-refractivity contribution in [2.24, 2.45) is 12.8 Å². The molecule has 0 aliphatic rings. The number of rotatable bonds is 2. The summed E-state index contributed by atoms with van der Waals surface area (Å²) in [6.45, 7) is 0.429. The summed E-state index contributed by atoms with van der Waals surface area (Å²) < 4.78 is 16.3. The molecule has 0 amide bonds. The normalized spacial score (nSPS) is 11.2. The van der Waals surface area contributed by atoms with Crippen LogP contribution in [0.3, 0.4) is 0 Å². The van der Waals surface area contributed by atoms with Gasteiger partial charge in [0.05, 0.1) is 11.0 Å². The van der Waals surface area contributed by atoms with Crippen LogP contribution in [0, 0.1) is 5.82 Å². The zero-order valence-electron chi connectivity index (χ0n) is 10.9. The van der Waals surface area contributed by atoms with Gasteiger partial charge in [-0.3, -0.25) is 0 Å². The van der Waals surface area contributed by atoms with Crippen molar-refractivity contribution in [1.82, 2.24) is 9.55 Å². The molecule has 0 unspecified atom stereocenters. The van der Waals surface area contributed by atoms with Crippen molar-refractivity contribution >= 4 is 27.0 Å². The minimum atomic E-state index is -0.283. The van der Waals surface area contributed by atoms with E-state index < -0.39 is 0 Å². The van der Waals surface area contributed by atoms with E-state index in [1.165, 1.54) is 12.1 Å². The summed E-state index contributed by atoms with van der Waals surface area (Å²) in [5, 5.41) is 0. The van der Waals surface area contributed by atoms with Crippen LogP contribution in [0.4, 0.5) is 4.39 Å². The monoisotopic (exact) mass is 333 g/mol. The minimum Gasteiger partial charge on any atom is -0.327 e. The Morgan fingerprint density at radius 2 is 2.10 bits per heavy atom. The first-order chi connectivity index (χ1) is 9.61. The van der Waals surface area contributed by atoms with Crippen LogP contribution in [0.2, 0.25) is 0 Å². The van der Waals surface area contributed by atoms with Crippen LogP contribution in [0.15, 0.2) is 40.9 Å². The zero-order chi connectivity index (χ0) is 14.3. The third-order valence-corrected chi connectivity index (χ3v) is 4.08. The molecule has 0 saturated heterocycles. The van der Waals surface area contributed by atoms with Gasteiger partial charge in [0.15, 0.2) is 0 Å². The molecule has 0 atom stereocenters. The number of aryl methyl sites for hydroxylation is 1. The third-order valence-electron chi connectivity index (χ3n) is 3.38. The van der Waals surface area contributed by atoms with Crippen molar-refractivity contribution in [2.45, 2.75) is 6.54 Å². The van der Waals surface area contributed by atoms with Gasteiger partial charge in [0.25, 0.3) is 0 Å². The Labute approximate surface area is 124 Å². The Bertz CT molecular complexity index is 795. The summed E-state index contributed by atoms with van der Waals surface area (Å²) in [7, 11) is 1.92. The molecular weight excluding hydrogens is 321 g/mol. The lowest BCUT2D eigenvalue weighted by molar-refractivity contribution is 0.628. The first kappa shape index (κ1) is 13.3. The van der Waals surface area contributed by atoms with E-state index >= 15 is 0 Å². The largest absolute Gasteiger partial charge is 0.327 e. The SMILES string of the molecule is Cn1c(-c2cc(F)ccc2Br)nc2c(CN)cccc21. The van der Waals surface area contributed by atoms with E-state index in [-0.39, 0.29) is 5.82 Å². The number of benzene rings is 2. The number of para-hydroxylation sites is 1. The fourth-order valence-electron chi connectivity index (χ4n) is 2.35. The molecule has 102 valence electrons. The predicted octanol–water partition coefficient (Wildman–Crippen LogP) is 3.60. The Balaban J connectivity index is 2.32. The smallest absolute Gasteiger partial charge is 0.142 e. The first-order valence-corrected chi connectivity index (χ1v) is 7.01. The molecular formula is C15H13BrFN3. The van der Waals surface area contributed by atoms with Crippen molar-refractivity contribution in [3.8, 4) is 11.4 Å². The molecule has 0 spiro atoms. The first-order valence-electron chi connectivity index (χ1n) is 6.21. The second kappa shape index (κ2) is 5.00. The molecule has 3 nitrogen and oxygen atoms in total. The lowest BCUT2D eigenvalue weighted by Gasteiger charge is -2.05. The second-order valence-electron chi connectivity index (χ2n) is 4.61. The van der Waals surface area contributed by atoms with Crippen LogP contribution >= 0.6 is 15.9 Å². The molecule has 0 aliphatic carbocycles. The van der Waals surface area contributed by atoms with Gasteiger partial charge in [0.2, 0.25) is 0 Å². The van der Waals surface area contributed by atoms with Gasteiger partial charge in [0.1, 0.15) is 11.6 Å². The topological polar surface area (TPSA) is 43.8 Å². The number of halogens is 2. The summed E-state index contributed by atoms with van der Waals surface area (Å²) in [4.78, 5) is 4.64. The number of imidazole rings is 1. The molecule has 3 aromatic rings. The van der Waals surface area contributed by atoms with E-state index in [1.54, 1.807) is 6.07 Å². The predicted molar refractivity (Wildman–Crippen MR) is 81.7 cm³/mol. The van der Waals surface area contributed by atoms with Crippen LogP contribution in [0.1, 0.15) is 5.56 Å². The molecule has 20 heavy (non-hydrogen) atoms. The summed E-state index contributed by atoms with van der Waals surface area (Å²) in [5.74, 6) is 0.432. The number of aromatic nitrogens is 2. The van der Waals surface area contributed by atoms with Crippen LogP contribution in [-0.2, 0) is 13.6 Å². The molecule has 5 heteroatoms. The zero-order valence-corrected chi connectivity index (χ0v) is 12.5. The van der Waals surface area contributed by atoms with E-state index in [0.717, 1.165) is 26.6 Å². The molecule has 2 N–H and O–H groups in total. The highest BCUT2D eigenvalue weighted by molar-refractivity contribution is 9.10. The minimum absolute atomic E-state index is 0.283. The van der Waals surface area contributed by atoms with Crippen LogP contribution in [-0.4, -0.2) is 9.55 Å². The van der Waals surface area contributed by atoms with Crippen LogP contribution in [0.25, 0.3) is 22.4 Å². The van der Waals surface area contributed by atoms with Crippen molar-refractivity contribution < 1.29 is 4.39 Å². The van der Waals surface area contributed by atoms with E-state index in [4.69, 9.17) is 5.73 Å². The second-order valence-corrected chi connectivity index (χ2v) is 5.46. The Morgan fingerprint density at radius 3 is 2.85 bits per heavy atom. The summed E-state index contributed by atoms with van der Waals surface area (Å²) in [6, 6.07) is 10.5. The number of nitrogens with zero attached hydrogens (tertiary/aromatic N) is 2. The highest BCUT2D eigenvalue weighted by Gasteiger charge is 2.14. The third kappa shape index (κ3) is 2.03. The van der Waals surface area contributed by atoms with E-state index in [0.29, 0.717) is 12.4 Å². The average Bonchev–Trinajstić information content (AvgIpc) is 2.79. The standard InChI is InChI=1S/C15H13BrFN3/c1-20-13-4-2-3-9(8-18)14(13)19-15(20)11-7-10(17)5-6-12(11)16/h2-7H,8,18H2,1H3. The van der Waals surface area contributed by atoms with Gasteiger partial charge in [-0.1, -0.05) is 28.1 Å². The summed E-state index contributed by atoms with van der Waals surface area (Å²) in [5.41, 5.74) is 9.31. The highest BCUT2D eigenvalue weighted by Crippen LogP contribution is 2.31. The molecule has 1 heterocycles. The highest BCUT2D eigenvalue weighted by atomic mass is 79.9. The molecule has 2 aromatic carbocycles. The van der Waals surface area contributed by atoms with E-state index in [1.807, 2.05) is 29.8 Å². The lowest BCUT2D eigenvalue weighted by Crippen LogP contribution is -1.97. The number of hydrogen-bond acceptors (Lipinski definition) is 2. The van der Waals surface area contributed by atoms with E-state index in [2.05, 4.69) is 20.9 Å². The average molecular weight is 334 g/mol. The van der Waals surface area contributed by atoms with Gasteiger partial charge in [-0.2, -0.15) is 0 Å². The van der Waals surface area contributed by atoms with Gasteiger partial charge < -0.3 is 10.3 Å². The number of fused-ring (bicyclic) bond motifs is 1. The van der Waals surface area contributed by atoms with E-state index in [9.17, 15) is 4.39 Å². The summed E-state index contributed by atoms with van der Waals surface area (Å²) >= 11 is 3.45. The maximum atomic E-state index is 13.5. The van der Waals surface area contributed by atoms with Gasteiger partial charge in [-0.15, -0.1) is 0 Å². The van der Waals surface area contributed by atoms with Crippen molar-refractivity contribution in [3.05, 3.63) is 52.3 Å². The molecule has 0 radical (unpaired) electrons. The molecule has 0 bridgehead atoms. The van der Waals surface area contributed by atoms with Crippen molar-refractivity contribution in [1.29, 1.82) is 0 Å². The fourth-order valence-corrected chi connectivity index (χ4v) is 2.77. The molecule has 1 aromatic heterocycles. The molecule has 0 aliphatic heterocycles. The summed E-state index contributed by atoms with van der Waals surface area (Å²) in [6.07, 6.45) is 0. The number of hydrogen-bond donors (Lipinski definition) is 1. The maximum absolute atomic E-state index is 13.5. The van der Waals surface area contributed by atoms with Crippen molar-refractivity contribution in [3.63, 3.8) is 0 Å². The molecule has 3 rings (SSSR count). The van der Waals surface area contributed by atoms with Crippen LogP contribution in [0.5, 0.6) is 0 Å². The van der Waals surface area contributed by atoms with Gasteiger partial charge in [-0.25, -0.2) is 9.37 Å². The molecule has 0 fully saturated rings.